The summed E-state index contributed by atoms with van der Waals surface area (Å²) in [6.07, 6.45) is 1.65. The predicted molar refractivity (Wildman–Crippen MR) is 149 cm³/mol. The van der Waals surface area contributed by atoms with Gasteiger partial charge in [-0.05, 0) is 53.7 Å². The van der Waals surface area contributed by atoms with E-state index in [1.165, 1.54) is 16.9 Å². The van der Waals surface area contributed by atoms with Crippen LogP contribution in [-0.2, 0) is 9.47 Å². The molecule has 210 valence electrons. The van der Waals surface area contributed by atoms with Gasteiger partial charge < -0.3 is 14.8 Å². The molecule has 0 spiro atoms. The summed E-state index contributed by atoms with van der Waals surface area (Å²) in [4.78, 5) is 39.0. The van der Waals surface area contributed by atoms with E-state index < -0.39 is 29.2 Å². The van der Waals surface area contributed by atoms with Crippen LogP contribution < -0.4 is 10.2 Å². The van der Waals surface area contributed by atoms with E-state index in [-0.39, 0.29) is 28.4 Å². The van der Waals surface area contributed by atoms with Gasteiger partial charge in [-0.1, -0.05) is 29.3 Å². The first-order valence-corrected chi connectivity index (χ1v) is 12.7. The van der Waals surface area contributed by atoms with E-state index in [0.717, 1.165) is 12.5 Å². The van der Waals surface area contributed by atoms with Gasteiger partial charge in [0.2, 0.25) is 0 Å². The minimum absolute atomic E-state index is 0.00750. The maximum Gasteiger partial charge on any atom is 0.425 e. The lowest BCUT2D eigenvalue weighted by Gasteiger charge is -2.28. The maximum atomic E-state index is 14.7. The molecule has 4 aromatic rings. The second-order valence-electron chi connectivity index (χ2n) is 10.5. The Kier molecular flexibility index (Phi) is 7.86. The number of carbonyl (C=O) groups is 2. The summed E-state index contributed by atoms with van der Waals surface area (Å²) in [6.45, 7) is 9.96. The van der Waals surface area contributed by atoms with Gasteiger partial charge >= 0.3 is 12.2 Å². The number of hydrogen-bond donors (Lipinski definition) is 1. The summed E-state index contributed by atoms with van der Waals surface area (Å²) in [5.74, 6) is -0.493. The number of benzene rings is 1. The lowest BCUT2D eigenvalue weighted by atomic mass is 10.2. The van der Waals surface area contributed by atoms with Gasteiger partial charge in [-0.15, -0.1) is 0 Å². The molecule has 0 fully saturated rings. The number of amides is 2. The topological polar surface area (TPSA) is 124 Å². The van der Waals surface area contributed by atoms with E-state index in [2.05, 4.69) is 25.4 Å². The Morgan fingerprint density at radius 1 is 0.975 bits per heavy atom. The van der Waals surface area contributed by atoms with E-state index in [0.29, 0.717) is 20.6 Å². The van der Waals surface area contributed by atoms with Crippen molar-refractivity contribution in [3.05, 3.63) is 58.8 Å². The van der Waals surface area contributed by atoms with E-state index in [1.807, 2.05) is 0 Å². The Labute approximate surface area is 239 Å². The van der Waals surface area contributed by atoms with Crippen LogP contribution in [0.1, 0.15) is 41.5 Å². The quantitative estimate of drug-likeness (QED) is 0.266. The number of imide groups is 1. The first kappa shape index (κ1) is 29.0. The van der Waals surface area contributed by atoms with Crippen molar-refractivity contribution in [3.63, 3.8) is 0 Å². The molecule has 0 aliphatic carbocycles. The van der Waals surface area contributed by atoms with Gasteiger partial charge in [0.25, 0.3) is 0 Å². The highest BCUT2D eigenvalue weighted by Gasteiger charge is 2.34. The third-order valence-electron chi connectivity index (χ3n) is 4.95. The molecule has 0 aliphatic rings. The van der Waals surface area contributed by atoms with Crippen molar-refractivity contribution in [3.8, 4) is 5.69 Å². The molecule has 0 saturated carbocycles. The molecule has 0 bridgehead atoms. The van der Waals surface area contributed by atoms with Crippen molar-refractivity contribution in [2.45, 2.75) is 52.7 Å². The van der Waals surface area contributed by atoms with Crippen molar-refractivity contribution < 1.29 is 23.5 Å². The fourth-order valence-corrected chi connectivity index (χ4v) is 4.00. The maximum absolute atomic E-state index is 14.7. The normalized spacial score (nSPS) is 11.8. The number of halogens is 3. The Morgan fingerprint density at radius 2 is 1.57 bits per heavy atom. The van der Waals surface area contributed by atoms with Crippen LogP contribution >= 0.6 is 23.2 Å². The number of para-hydroxylation sites is 1. The number of nitrogens with zero attached hydrogens (tertiary/aromatic N) is 6. The minimum atomic E-state index is -0.994. The summed E-state index contributed by atoms with van der Waals surface area (Å²) in [6, 6.07) is 6.26. The fraction of sp³-hybridized carbons (Fsp3) is 0.308. The molecule has 0 saturated heterocycles. The molecule has 4 rings (SSSR count). The number of hydrogen-bond acceptors (Lipinski definition) is 9. The molecule has 0 radical (unpaired) electrons. The Bertz CT molecular complexity index is 1550. The van der Waals surface area contributed by atoms with Gasteiger partial charge in [-0.3, -0.25) is 0 Å². The number of fused-ring (bicyclic) bond motifs is 1. The minimum Gasteiger partial charge on any atom is -0.443 e. The van der Waals surface area contributed by atoms with Crippen LogP contribution in [0.5, 0.6) is 0 Å². The molecule has 1 aromatic carbocycles. The molecule has 14 heteroatoms. The van der Waals surface area contributed by atoms with Gasteiger partial charge in [-0.25, -0.2) is 33.6 Å². The number of anilines is 3. The second-order valence-corrected chi connectivity index (χ2v) is 11.4. The number of pyridine rings is 1. The Hall–Kier alpha value is -4.03. The molecular formula is C26H26Cl2FN7O4. The number of aromatic nitrogens is 5. The largest absolute Gasteiger partial charge is 0.443 e. The van der Waals surface area contributed by atoms with Crippen molar-refractivity contribution in [1.82, 2.24) is 24.7 Å². The zero-order chi connectivity index (χ0) is 29.4. The zero-order valence-electron chi connectivity index (χ0n) is 22.5. The molecule has 0 unspecified atom stereocenters. The average molecular weight is 590 g/mol. The summed E-state index contributed by atoms with van der Waals surface area (Å²) in [5, 5.41) is 8.17. The van der Waals surface area contributed by atoms with Crippen LogP contribution in [-0.4, -0.2) is 48.1 Å². The molecule has 3 heterocycles. The van der Waals surface area contributed by atoms with Crippen LogP contribution in [0.3, 0.4) is 0 Å². The number of rotatable bonds is 4. The molecule has 40 heavy (non-hydrogen) atoms. The molecule has 2 amide bonds. The fourth-order valence-electron chi connectivity index (χ4n) is 3.43. The van der Waals surface area contributed by atoms with E-state index >= 15 is 0 Å². The molecule has 11 nitrogen and oxygen atoms in total. The summed E-state index contributed by atoms with van der Waals surface area (Å²) < 4.78 is 26.8. The molecule has 1 N–H and O–H groups in total. The standard InChI is InChI=1S/C26H26Cl2FN7O4/c1-25(2,3)39-23(37)36(24(38)40-26(4,5)6)19-10-18(31-13-32-19)33-22-14-12-35(34-20(14)17(29)11-30-22)21-15(27)8-7-9-16(21)28/h7-13H,1-6H3,(H,30,31,32,33). The smallest absolute Gasteiger partial charge is 0.425 e. The van der Waals surface area contributed by atoms with E-state index in [9.17, 15) is 14.0 Å². The third-order valence-corrected chi connectivity index (χ3v) is 5.56. The van der Waals surface area contributed by atoms with E-state index in [4.69, 9.17) is 32.7 Å². The molecular weight excluding hydrogens is 564 g/mol. The summed E-state index contributed by atoms with van der Waals surface area (Å²) in [5.41, 5.74) is -1.45. The first-order valence-electron chi connectivity index (χ1n) is 12.0. The summed E-state index contributed by atoms with van der Waals surface area (Å²) in [7, 11) is 0. The van der Waals surface area contributed by atoms with Gasteiger partial charge in [0.1, 0.15) is 40.4 Å². The highest BCUT2D eigenvalue weighted by molar-refractivity contribution is 6.37. The highest BCUT2D eigenvalue weighted by atomic mass is 35.5. The second kappa shape index (κ2) is 10.9. The number of ether oxygens (including phenoxy) is 2. The zero-order valence-corrected chi connectivity index (χ0v) is 24.0. The van der Waals surface area contributed by atoms with Crippen LogP contribution in [0.2, 0.25) is 10.0 Å². The first-order chi connectivity index (χ1) is 18.6. The van der Waals surface area contributed by atoms with Crippen molar-refractivity contribution in [1.29, 1.82) is 0 Å². The van der Waals surface area contributed by atoms with Gasteiger partial charge in [0.15, 0.2) is 11.6 Å². The van der Waals surface area contributed by atoms with Crippen LogP contribution in [0.25, 0.3) is 16.6 Å². The number of carbonyl (C=O) groups excluding carboxylic acids is 2. The highest BCUT2D eigenvalue weighted by Crippen LogP contribution is 2.32. The van der Waals surface area contributed by atoms with Gasteiger partial charge in [-0.2, -0.15) is 10.00 Å². The summed E-state index contributed by atoms with van der Waals surface area (Å²) >= 11 is 12.6. The van der Waals surface area contributed by atoms with Crippen LogP contribution in [0.4, 0.5) is 31.4 Å². The predicted octanol–water partition coefficient (Wildman–Crippen LogP) is 7.08. The van der Waals surface area contributed by atoms with Gasteiger partial charge in [0, 0.05) is 12.3 Å². The lowest BCUT2D eigenvalue weighted by molar-refractivity contribution is 0.0429. The van der Waals surface area contributed by atoms with Crippen molar-refractivity contribution >= 4 is 63.7 Å². The lowest BCUT2D eigenvalue weighted by Crippen LogP contribution is -2.44. The third kappa shape index (κ3) is 6.57. The Morgan fingerprint density at radius 3 is 2.15 bits per heavy atom. The average Bonchev–Trinajstić information content (AvgIpc) is 3.25. The SMILES string of the molecule is CC(C)(C)OC(=O)N(C(=O)OC(C)(C)C)c1cc(Nc2ncc(F)c3nn(-c4c(Cl)cccc4Cl)cc23)ncn1. The monoisotopic (exact) mass is 589 g/mol. The Balaban J connectivity index is 1.73. The van der Waals surface area contributed by atoms with Crippen molar-refractivity contribution in [2.24, 2.45) is 0 Å². The van der Waals surface area contributed by atoms with Crippen molar-refractivity contribution in [2.75, 3.05) is 10.2 Å². The van der Waals surface area contributed by atoms with E-state index in [1.54, 1.807) is 59.7 Å². The van der Waals surface area contributed by atoms with Crippen LogP contribution in [0, 0.1) is 5.82 Å². The molecule has 0 aliphatic heterocycles. The molecule has 0 atom stereocenters. The molecule has 3 aromatic heterocycles. The van der Waals surface area contributed by atoms with Crippen LogP contribution in [0.15, 0.2) is 43.0 Å². The number of nitrogens with one attached hydrogen (secondary N) is 1. The van der Waals surface area contributed by atoms with Gasteiger partial charge in [0.05, 0.1) is 21.6 Å².